The zero-order chi connectivity index (χ0) is 22.1. The molecule has 1 aliphatic heterocycles. The van der Waals surface area contributed by atoms with E-state index in [4.69, 9.17) is 4.52 Å². The number of piperazine rings is 1. The van der Waals surface area contributed by atoms with E-state index in [0.29, 0.717) is 18.1 Å². The summed E-state index contributed by atoms with van der Waals surface area (Å²) < 4.78 is 7.04. The monoisotopic (exact) mass is 432 g/mol. The number of carbonyl (C=O) groups excluding carboxylic acids is 1. The second-order valence-electron chi connectivity index (χ2n) is 7.96. The summed E-state index contributed by atoms with van der Waals surface area (Å²) >= 11 is 0. The van der Waals surface area contributed by atoms with Crippen LogP contribution in [0.1, 0.15) is 5.56 Å². The van der Waals surface area contributed by atoms with E-state index >= 15 is 0 Å². The Morgan fingerprint density at radius 1 is 1.12 bits per heavy atom. The van der Waals surface area contributed by atoms with E-state index in [0.717, 1.165) is 48.6 Å². The van der Waals surface area contributed by atoms with Crippen molar-refractivity contribution in [3.05, 3.63) is 48.4 Å². The summed E-state index contributed by atoms with van der Waals surface area (Å²) in [6, 6.07) is 9.74. The number of carbonyl (C=O) groups is 1. The summed E-state index contributed by atoms with van der Waals surface area (Å²) in [5.41, 5.74) is 3.63. The summed E-state index contributed by atoms with van der Waals surface area (Å²) in [4.78, 5) is 25.6. The van der Waals surface area contributed by atoms with Crippen molar-refractivity contribution in [2.24, 2.45) is 7.05 Å². The number of nitrogens with one attached hydrogen (secondary N) is 1. The normalized spacial score (nSPS) is 14.8. The van der Waals surface area contributed by atoms with E-state index in [-0.39, 0.29) is 5.91 Å². The molecule has 0 saturated carbocycles. The van der Waals surface area contributed by atoms with Gasteiger partial charge in [0.05, 0.1) is 18.1 Å². The van der Waals surface area contributed by atoms with E-state index in [9.17, 15) is 4.79 Å². The number of hydrogen-bond acceptors (Lipinski definition) is 8. The van der Waals surface area contributed by atoms with Gasteiger partial charge in [-0.05, 0) is 6.92 Å². The fourth-order valence-corrected chi connectivity index (χ4v) is 3.89. The van der Waals surface area contributed by atoms with Crippen molar-refractivity contribution in [3.63, 3.8) is 0 Å². The number of aryl methyl sites for hydroxylation is 2. The van der Waals surface area contributed by atoms with Crippen molar-refractivity contribution in [1.29, 1.82) is 0 Å². The molecule has 0 bridgehead atoms. The molecule has 164 valence electrons. The predicted molar refractivity (Wildman–Crippen MR) is 120 cm³/mol. The maximum atomic E-state index is 12.5. The summed E-state index contributed by atoms with van der Waals surface area (Å²) in [5, 5.41) is 12.1. The zero-order valence-corrected chi connectivity index (χ0v) is 18.0. The number of nitrogens with zero attached hydrogens (tertiary/aromatic N) is 7. The lowest BCUT2D eigenvalue weighted by Crippen LogP contribution is -2.49. The molecule has 0 unspecified atom stereocenters. The van der Waals surface area contributed by atoms with Crippen LogP contribution in [0, 0.1) is 6.92 Å². The molecule has 1 aromatic carbocycles. The van der Waals surface area contributed by atoms with Crippen molar-refractivity contribution in [2.75, 3.05) is 42.9 Å². The highest BCUT2D eigenvalue weighted by molar-refractivity contribution is 5.91. The number of rotatable bonds is 5. The summed E-state index contributed by atoms with van der Waals surface area (Å²) in [6.07, 6.45) is 3.37. The van der Waals surface area contributed by atoms with Crippen LogP contribution in [0.15, 0.2) is 47.4 Å². The number of amides is 1. The third kappa shape index (κ3) is 4.04. The van der Waals surface area contributed by atoms with E-state index in [1.54, 1.807) is 23.3 Å². The first-order valence-electron chi connectivity index (χ1n) is 10.5. The highest BCUT2D eigenvalue weighted by atomic mass is 16.5. The van der Waals surface area contributed by atoms with Crippen LogP contribution in [-0.2, 0) is 11.8 Å². The maximum absolute atomic E-state index is 12.5. The van der Waals surface area contributed by atoms with Crippen molar-refractivity contribution in [1.82, 2.24) is 29.8 Å². The molecular weight excluding hydrogens is 408 g/mol. The summed E-state index contributed by atoms with van der Waals surface area (Å²) in [5.74, 6) is 1.11. The van der Waals surface area contributed by atoms with Gasteiger partial charge in [-0.15, -0.1) is 0 Å². The Hall–Kier alpha value is -3.79. The van der Waals surface area contributed by atoms with Crippen molar-refractivity contribution in [3.8, 4) is 11.3 Å². The molecule has 1 saturated heterocycles. The van der Waals surface area contributed by atoms with E-state index in [1.807, 2.05) is 38.2 Å². The minimum atomic E-state index is -0.123. The van der Waals surface area contributed by atoms with Crippen LogP contribution < -0.4 is 10.2 Å². The lowest BCUT2D eigenvalue weighted by atomic mass is 10.1. The molecule has 1 amide bonds. The minimum absolute atomic E-state index is 0.123. The first kappa shape index (κ1) is 20.1. The number of anilines is 2. The predicted octanol–water partition coefficient (Wildman–Crippen LogP) is 2.09. The van der Waals surface area contributed by atoms with Gasteiger partial charge >= 0.3 is 0 Å². The molecule has 0 spiro atoms. The number of benzene rings is 1. The first-order chi connectivity index (χ1) is 15.6. The molecule has 32 heavy (non-hydrogen) atoms. The van der Waals surface area contributed by atoms with Gasteiger partial charge in [0.1, 0.15) is 17.8 Å². The lowest BCUT2D eigenvalue weighted by Gasteiger charge is -2.35. The third-order valence-corrected chi connectivity index (χ3v) is 5.67. The maximum Gasteiger partial charge on any atom is 0.240 e. The molecule has 0 radical (unpaired) electrons. The van der Waals surface area contributed by atoms with Crippen LogP contribution in [-0.4, -0.2) is 68.4 Å². The molecule has 1 N–H and O–H groups in total. The average molecular weight is 432 g/mol. The van der Waals surface area contributed by atoms with E-state index in [1.165, 1.54) is 5.56 Å². The van der Waals surface area contributed by atoms with Crippen LogP contribution in [0.3, 0.4) is 0 Å². The van der Waals surface area contributed by atoms with Gasteiger partial charge in [0.2, 0.25) is 11.8 Å². The molecule has 4 aromatic rings. The summed E-state index contributed by atoms with van der Waals surface area (Å²) in [6.45, 7) is 5.38. The molecule has 10 nitrogen and oxygen atoms in total. The molecule has 0 atom stereocenters. The molecule has 0 aliphatic carbocycles. The molecule has 1 fully saturated rings. The Kier molecular flexibility index (Phi) is 5.28. The third-order valence-electron chi connectivity index (χ3n) is 5.67. The van der Waals surface area contributed by atoms with Gasteiger partial charge in [-0.3, -0.25) is 19.7 Å². The quantitative estimate of drug-likeness (QED) is 0.511. The molecule has 1 aliphatic rings. The Morgan fingerprint density at radius 2 is 1.91 bits per heavy atom. The summed E-state index contributed by atoms with van der Waals surface area (Å²) in [7, 11) is 1.87. The van der Waals surface area contributed by atoms with Gasteiger partial charge < -0.3 is 9.42 Å². The van der Waals surface area contributed by atoms with Gasteiger partial charge in [-0.25, -0.2) is 9.97 Å². The van der Waals surface area contributed by atoms with Crippen LogP contribution in [0.25, 0.3) is 22.3 Å². The SMILES string of the molecule is Cc1ccc(-c2cc(NC(=O)CN3CCN(c4ncnc5c4cnn5C)CC3)on2)cc1. The average Bonchev–Trinajstić information content (AvgIpc) is 3.42. The van der Waals surface area contributed by atoms with Crippen LogP contribution in [0.5, 0.6) is 0 Å². The second kappa shape index (κ2) is 8.39. The van der Waals surface area contributed by atoms with Gasteiger partial charge in [-0.2, -0.15) is 5.10 Å². The highest BCUT2D eigenvalue weighted by Gasteiger charge is 2.22. The molecule has 10 heteroatoms. The van der Waals surface area contributed by atoms with Gasteiger partial charge in [0.15, 0.2) is 5.65 Å². The Morgan fingerprint density at radius 3 is 2.69 bits per heavy atom. The lowest BCUT2D eigenvalue weighted by molar-refractivity contribution is -0.117. The smallest absolute Gasteiger partial charge is 0.240 e. The minimum Gasteiger partial charge on any atom is -0.353 e. The van der Waals surface area contributed by atoms with Crippen molar-refractivity contribution < 1.29 is 9.32 Å². The standard InChI is InChI=1S/C22H24N8O2/c1-15-3-5-16(6-4-15)18-11-20(32-27-18)26-19(31)13-29-7-9-30(10-8-29)22-17-12-25-28(2)21(17)23-14-24-22/h3-6,11-12,14H,7-10,13H2,1-2H3,(H,26,31). The molecule has 5 rings (SSSR count). The zero-order valence-electron chi connectivity index (χ0n) is 18.0. The largest absolute Gasteiger partial charge is 0.353 e. The Balaban J connectivity index is 1.16. The Labute approximate surface area is 184 Å². The number of fused-ring (bicyclic) bond motifs is 1. The fraction of sp³-hybridized carbons (Fsp3) is 0.318. The van der Waals surface area contributed by atoms with Gasteiger partial charge in [0, 0.05) is 44.9 Å². The van der Waals surface area contributed by atoms with Crippen molar-refractivity contribution >= 4 is 28.6 Å². The molecule has 3 aromatic heterocycles. The van der Waals surface area contributed by atoms with E-state index < -0.39 is 0 Å². The van der Waals surface area contributed by atoms with Gasteiger partial charge in [0.25, 0.3) is 0 Å². The number of aromatic nitrogens is 5. The molecule has 4 heterocycles. The van der Waals surface area contributed by atoms with E-state index in [2.05, 4.69) is 35.3 Å². The fourth-order valence-electron chi connectivity index (χ4n) is 3.89. The Bertz CT molecular complexity index is 1240. The van der Waals surface area contributed by atoms with Gasteiger partial charge in [-0.1, -0.05) is 35.0 Å². The molecular formula is C22H24N8O2. The van der Waals surface area contributed by atoms with Crippen LogP contribution >= 0.6 is 0 Å². The topological polar surface area (TPSA) is 105 Å². The van der Waals surface area contributed by atoms with Crippen LogP contribution in [0.4, 0.5) is 11.7 Å². The van der Waals surface area contributed by atoms with Crippen molar-refractivity contribution in [2.45, 2.75) is 6.92 Å². The highest BCUT2D eigenvalue weighted by Crippen LogP contribution is 2.24. The first-order valence-corrected chi connectivity index (χ1v) is 10.5. The number of hydrogen-bond donors (Lipinski definition) is 1. The van der Waals surface area contributed by atoms with Crippen LogP contribution in [0.2, 0.25) is 0 Å². The second-order valence-corrected chi connectivity index (χ2v) is 7.96.